The quantitative estimate of drug-likeness (QED) is 0.411. The number of nitrogens with one attached hydrogen (secondary N) is 2. The molecular formula is C18H27N5O2. The average Bonchev–Trinajstić information content (AvgIpc) is 3.04. The minimum absolute atomic E-state index is 0.668. The molecule has 2 N–H and O–H groups in total. The van der Waals surface area contributed by atoms with Crippen LogP contribution in [0.4, 0.5) is 0 Å². The predicted octanol–water partition coefficient (Wildman–Crippen LogP) is 2.12. The summed E-state index contributed by atoms with van der Waals surface area (Å²) in [6.45, 7) is 6.18. The summed E-state index contributed by atoms with van der Waals surface area (Å²) in [7, 11) is 1.70. The van der Waals surface area contributed by atoms with Gasteiger partial charge in [-0.2, -0.15) is 4.98 Å². The molecule has 0 spiro atoms. The Kier molecular flexibility index (Phi) is 7.75. The number of aromatic nitrogens is 2. The van der Waals surface area contributed by atoms with Crippen LogP contribution in [-0.2, 0) is 12.8 Å². The van der Waals surface area contributed by atoms with Crippen molar-refractivity contribution in [3.63, 3.8) is 0 Å². The molecule has 136 valence electrons. The number of hydrogen-bond donors (Lipinski definition) is 2. The van der Waals surface area contributed by atoms with Crippen molar-refractivity contribution in [2.75, 3.05) is 26.7 Å². The van der Waals surface area contributed by atoms with Gasteiger partial charge in [-0.15, -0.1) is 0 Å². The summed E-state index contributed by atoms with van der Waals surface area (Å²) in [6, 6.07) is 8.06. The molecule has 1 aromatic carbocycles. The number of hydrogen-bond acceptors (Lipinski definition) is 5. The smallest absolute Gasteiger partial charge is 0.226 e. The lowest BCUT2D eigenvalue weighted by molar-refractivity contribution is 0.372. The van der Waals surface area contributed by atoms with Gasteiger partial charge in [0.05, 0.1) is 7.11 Å². The Hall–Kier alpha value is -2.57. The van der Waals surface area contributed by atoms with E-state index in [0.29, 0.717) is 18.3 Å². The van der Waals surface area contributed by atoms with Crippen molar-refractivity contribution < 1.29 is 9.26 Å². The third-order valence-corrected chi connectivity index (χ3v) is 3.61. The molecule has 0 aliphatic rings. The molecule has 0 aliphatic carbocycles. The van der Waals surface area contributed by atoms with E-state index in [-0.39, 0.29) is 0 Å². The average molecular weight is 345 g/mol. The van der Waals surface area contributed by atoms with E-state index >= 15 is 0 Å². The lowest BCUT2D eigenvalue weighted by Gasteiger charge is -2.12. The van der Waals surface area contributed by atoms with Crippen molar-refractivity contribution in [3.05, 3.63) is 41.5 Å². The molecule has 0 fully saturated rings. The molecule has 0 aliphatic heterocycles. The lowest BCUT2D eigenvalue weighted by Crippen LogP contribution is -2.38. The van der Waals surface area contributed by atoms with Crippen molar-refractivity contribution >= 4 is 5.96 Å². The molecule has 7 heteroatoms. The maximum Gasteiger partial charge on any atom is 0.226 e. The summed E-state index contributed by atoms with van der Waals surface area (Å²) in [6.07, 6.45) is 2.48. The van der Waals surface area contributed by atoms with Gasteiger partial charge < -0.3 is 19.9 Å². The number of aryl methyl sites for hydroxylation is 2. The predicted molar refractivity (Wildman–Crippen MR) is 98.0 cm³/mol. The molecule has 2 rings (SSSR count). The van der Waals surface area contributed by atoms with E-state index in [1.165, 1.54) is 5.56 Å². The van der Waals surface area contributed by atoms with E-state index < -0.39 is 0 Å². The van der Waals surface area contributed by atoms with Crippen LogP contribution in [0, 0.1) is 6.92 Å². The summed E-state index contributed by atoms with van der Waals surface area (Å²) < 4.78 is 10.5. The molecule has 2 aromatic rings. The summed E-state index contributed by atoms with van der Waals surface area (Å²) >= 11 is 0. The van der Waals surface area contributed by atoms with Crippen LogP contribution in [0.5, 0.6) is 5.75 Å². The van der Waals surface area contributed by atoms with Crippen molar-refractivity contribution in [1.82, 2.24) is 20.8 Å². The van der Waals surface area contributed by atoms with Crippen molar-refractivity contribution in [2.24, 2.45) is 4.99 Å². The second kappa shape index (κ2) is 10.3. The van der Waals surface area contributed by atoms with Crippen molar-refractivity contribution in [2.45, 2.75) is 33.1 Å². The van der Waals surface area contributed by atoms with E-state index in [1.807, 2.05) is 25.1 Å². The van der Waals surface area contributed by atoms with E-state index in [2.05, 4.69) is 38.8 Å². The molecular weight excluding hydrogens is 318 g/mol. The molecule has 0 amide bonds. The van der Waals surface area contributed by atoms with Crippen LogP contribution in [0.25, 0.3) is 0 Å². The standard InChI is InChI=1S/C18H27N5O2/c1-4-19-18(20-12-7-10-17-22-14(2)23-25-17)21-13-11-15-8-5-6-9-16(15)24-3/h5-6,8-9H,4,7,10-13H2,1-3H3,(H2,19,20,21). The number of methoxy groups -OCH3 is 1. The Balaban J connectivity index is 1.77. The zero-order valence-corrected chi connectivity index (χ0v) is 15.2. The van der Waals surface area contributed by atoms with Gasteiger partial charge in [-0.05, 0) is 38.3 Å². The molecule has 0 radical (unpaired) electrons. The first-order chi connectivity index (χ1) is 12.2. The highest BCUT2D eigenvalue weighted by molar-refractivity contribution is 5.79. The minimum Gasteiger partial charge on any atom is -0.496 e. The third kappa shape index (κ3) is 6.45. The van der Waals surface area contributed by atoms with Gasteiger partial charge in [0, 0.05) is 26.1 Å². The minimum atomic E-state index is 0.668. The highest BCUT2D eigenvalue weighted by atomic mass is 16.5. The SMILES string of the molecule is CCNC(=NCCCc1nc(C)no1)NCCc1ccccc1OC. The Bertz CT molecular complexity index is 669. The van der Waals surface area contributed by atoms with Gasteiger partial charge in [-0.3, -0.25) is 4.99 Å². The second-order valence-corrected chi connectivity index (χ2v) is 5.59. The zero-order valence-electron chi connectivity index (χ0n) is 15.2. The maximum atomic E-state index is 5.38. The van der Waals surface area contributed by atoms with Crippen LogP contribution in [0.1, 0.15) is 30.6 Å². The number of ether oxygens (including phenoxy) is 1. The Labute approximate surface area is 148 Å². The molecule has 0 atom stereocenters. The van der Waals surface area contributed by atoms with Crippen LogP contribution < -0.4 is 15.4 Å². The van der Waals surface area contributed by atoms with Crippen LogP contribution in [-0.4, -0.2) is 42.8 Å². The molecule has 0 bridgehead atoms. The fourth-order valence-corrected chi connectivity index (χ4v) is 2.43. The van der Waals surface area contributed by atoms with Gasteiger partial charge in [0.2, 0.25) is 5.89 Å². The van der Waals surface area contributed by atoms with E-state index in [9.17, 15) is 0 Å². The van der Waals surface area contributed by atoms with Crippen LogP contribution in [0.15, 0.2) is 33.8 Å². The summed E-state index contributed by atoms with van der Waals surface area (Å²) in [5, 5.41) is 10.4. The summed E-state index contributed by atoms with van der Waals surface area (Å²) in [4.78, 5) is 8.78. The van der Waals surface area contributed by atoms with Crippen LogP contribution in [0.3, 0.4) is 0 Å². The van der Waals surface area contributed by atoms with E-state index in [0.717, 1.165) is 44.1 Å². The molecule has 7 nitrogen and oxygen atoms in total. The Morgan fingerprint density at radius 2 is 2.08 bits per heavy atom. The summed E-state index contributed by atoms with van der Waals surface area (Å²) in [5.41, 5.74) is 1.18. The fourth-order valence-electron chi connectivity index (χ4n) is 2.43. The zero-order chi connectivity index (χ0) is 17.9. The van der Waals surface area contributed by atoms with Crippen LogP contribution in [0.2, 0.25) is 0 Å². The van der Waals surface area contributed by atoms with Crippen molar-refractivity contribution in [1.29, 1.82) is 0 Å². The molecule has 0 saturated carbocycles. The Morgan fingerprint density at radius 1 is 1.24 bits per heavy atom. The molecule has 25 heavy (non-hydrogen) atoms. The van der Waals surface area contributed by atoms with Gasteiger partial charge in [0.1, 0.15) is 5.75 Å². The van der Waals surface area contributed by atoms with Crippen molar-refractivity contribution in [3.8, 4) is 5.75 Å². The van der Waals surface area contributed by atoms with E-state index in [1.54, 1.807) is 7.11 Å². The molecule has 0 unspecified atom stereocenters. The van der Waals surface area contributed by atoms with Gasteiger partial charge >= 0.3 is 0 Å². The van der Waals surface area contributed by atoms with Crippen LogP contribution >= 0.6 is 0 Å². The van der Waals surface area contributed by atoms with Gasteiger partial charge in [-0.25, -0.2) is 0 Å². The Morgan fingerprint density at radius 3 is 2.80 bits per heavy atom. The first-order valence-corrected chi connectivity index (χ1v) is 8.66. The molecule has 1 heterocycles. The number of nitrogens with zero attached hydrogens (tertiary/aromatic N) is 3. The first-order valence-electron chi connectivity index (χ1n) is 8.66. The molecule has 1 aromatic heterocycles. The number of guanidine groups is 1. The number of benzene rings is 1. The van der Waals surface area contributed by atoms with Gasteiger partial charge in [0.15, 0.2) is 11.8 Å². The lowest BCUT2D eigenvalue weighted by atomic mass is 10.1. The largest absolute Gasteiger partial charge is 0.496 e. The summed E-state index contributed by atoms with van der Waals surface area (Å²) in [5.74, 6) is 3.08. The third-order valence-electron chi connectivity index (χ3n) is 3.61. The van der Waals surface area contributed by atoms with Gasteiger partial charge in [-0.1, -0.05) is 23.4 Å². The number of rotatable bonds is 9. The fraction of sp³-hybridized carbons (Fsp3) is 0.500. The van der Waals surface area contributed by atoms with E-state index in [4.69, 9.17) is 9.26 Å². The van der Waals surface area contributed by atoms with Gasteiger partial charge in [0.25, 0.3) is 0 Å². The monoisotopic (exact) mass is 345 g/mol. The highest BCUT2D eigenvalue weighted by Gasteiger charge is 2.04. The second-order valence-electron chi connectivity index (χ2n) is 5.59. The number of para-hydroxylation sites is 1. The number of aliphatic imine (C=N–C) groups is 1. The normalized spacial score (nSPS) is 11.4. The highest BCUT2D eigenvalue weighted by Crippen LogP contribution is 2.17. The molecule has 0 saturated heterocycles. The topological polar surface area (TPSA) is 84.6 Å². The maximum absolute atomic E-state index is 5.38. The first kappa shape index (κ1) is 18.8.